The molecule has 0 saturated carbocycles. The van der Waals surface area contributed by atoms with Crippen molar-refractivity contribution in [3.05, 3.63) is 217 Å². The van der Waals surface area contributed by atoms with Gasteiger partial charge in [0.1, 0.15) is 35.6 Å². The van der Waals surface area contributed by atoms with E-state index in [1.165, 1.54) is 28.8 Å². The molecule has 0 fully saturated rings. The Balaban J connectivity index is 1.06. The van der Waals surface area contributed by atoms with Gasteiger partial charge >= 0.3 is 0 Å². The first-order valence-corrected chi connectivity index (χ1v) is 22.7. The summed E-state index contributed by atoms with van der Waals surface area (Å²) < 4.78 is 39.2. The molecule has 0 aliphatic carbocycles. The third kappa shape index (κ3) is 7.76. The number of aryl methyl sites for hydroxylation is 2. The van der Waals surface area contributed by atoms with Gasteiger partial charge in [0, 0.05) is 52.0 Å². The van der Waals surface area contributed by atoms with E-state index in [0.29, 0.717) is 23.7 Å². The largest absolute Gasteiger partial charge is 0.457 e. The van der Waals surface area contributed by atoms with E-state index in [1.54, 1.807) is 0 Å². The number of hydrogen-bond acceptors (Lipinski definition) is 4. The average Bonchev–Trinajstić information content (AvgIpc) is 3.87. The van der Waals surface area contributed by atoms with Crippen LogP contribution in [0.4, 0.5) is 31.5 Å². The molecule has 328 valence electrons. The molecule has 7 heteroatoms. The van der Waals surface area contributed by atoms with Crippen molar-refractivity contribution in [2.45, 2.75) is 40.0 Å². The SMILES string of the molecule is Cc1cc(C)cc(-c2cc(Oc3ccc4c5ccccc5n(-c5cc(C(C)(C)C)ccn5)c4c3)cc(N3CN(c4c(-c5ccccc5)cccc4-c4cc(F)cc(F)c4)c4ccccc43)c2)c1. The fourth-order valence-corrected chi connectivity index (χ4v) is 9.76. The van der Waals surface area contributed by atoms with Crippen LogP contribution in [0, 0.1) is 25.5 Å². The average molecular weight is 879 g/mol. The lowest BCUT2D eigenvalue weighted by Crippen LogP contribution is -2.25. The molecule has 67 heavy (non-hydrogen) atoms. The van der Waals surface area contributed by atoms with E-state index in [1.807, 2.05) is 54.7 Å². The molecule has 0 N–H and O–H groups in total. The Bertz CT molecular complexity index is 3490. The van der Waals surface area contributed by atoms with Gasteiger partial charge in [-0.25, -0.2) is 13.8 Å². The van der Waals surface area contributed by atoms with Crippen molar-refractivity contribution >= 4 is 44.6 Å². The lowest BCUT2D eigenvalue weighted by Gasteiger charge is -2.27. The second-order valence-corrected chi connectivity index (χ2v) is 18.6. The molecular formula is C60H48F2N4O. The van der Waals surface area contributed by atoms with E-state index in [0.717, 1.165) is 84.3 Å². The summed E-state index contributed by atoms with van der Waals surface area (Å²) in [6, 6.07) is 60.3. The second kappa shape index (κ2) is 16.4. The Kier molecular flexibility index (Phi) is 10.2. The molecule has 3 heterocycles. The molecule has 0 amide bonds. The van der Waals surface area contributed by atoms with E-state index < -0.39 is 11.6 Å². The first kappa shape index (κ1) is 41.7. The number of halogens is 2. The standard InChI is InChI=1S/C60H48F2N4O/c1-38-26-39(2)28-41(27-38)42-31-47(35-49(32-42)67-48-22-23-53-52-16-9-10-19-54(52)66(57(53)36-48)58-33-44(24-25-63-58)60(3,4)5)64-37-65(56-21-12-11-20-55(56)64)59-50(40-14-7-6-8-15-40)17-13-18-51(59)43-29-45(61)34-46(62)30-43/h6-36H,37H2,1-5H3. The fourth-order valence-electron chi connectivity index (χ4n) is 9.76. The third-order valence-corrected chi connectivity index (χ3v) is 12.8. The van der Waals surface area contributed by atoms with E-state index in [4.69, 9.17) is 9.72 Å². The molecule has 0 radical (unpaired) electrons. The number of pyridine rings is 1. The zero-order valence-corrected chi connectivity index (χ0v) is 38.1. The number of nitrogens with zero attached hydrogens (tertiary/aromatic N) is 4. The van der Waals surface area contributed by atoms with Gasteiger partial charge in [-0.05, 0) is 114 Å². The van der Waals surface area contributed by atoms with Crippen molar-refractivity contribution in [2.75, 3.05) is 16.5 Å². The minimum Gasteiger partial charge on any atom is -0.457 e. The Morgan fingerprint density at radius 1 is 0.507 bits per heavy atom. The molecule has 1 aliphatic heterocycles. The summed E-state index contributed by atoms with van der Waals surface area (Å²) >= 11 is 0. The van der Waals surface area contributed by atoms with E-state index in [-0.39, 0.29) is 5.41 Å². The van der Waals surface area contributed by atoms with Crippen LogP contribution in [-0.2, 0) is 5.41 Å². The number of rotatable bonds is 8. The second-order valence-electron chi connectivity index (χ2n) is 18.6. The Morgan fingerprint density at radius 3 is 1.91 bits per heavy atom. The van der Waals surface area contributed by atoms with Crippen LogP contribution < -0.4 is 14.5 Å². The predicted molar refractivity (Wildman–Crippen MR) is 272 cm³/mol. The molecule has 8 aromatic carbocycles. The van der Waals surface area contributed by atoms with Crippen LogP contribution in [0.1, 0.15) is 37.5 Å². The van der Waals surface area contributed by atoms with Crippen LogP contribution in [0.3, 0.4) is 0 Å². The van der Waals surface area contributed by atoms with Gasteiger partial charge in [-0.1, -0.05) is 129 Å². The van der Waals surface area contributed by atoms with Crippen molar-refractivity contribution in [2.24, 2.45) is 0 Å². The normalized spacial score (nSPS) is 12.6. The smallest absolute Gasteiger partial charge is 0.137 e. The topological polar surface area (TPSA) is 33.5 Å². The Labute approximate surface area is 389 Å². The lowest BCUT2D eigenvalue weighted by atomic mass is 9.88. The van der Waals surface area contributed by atoms with E-state index in [9.17, 15) is 8.78 Å². The number of ether oxygens (including phenoxy) is 1. The van der Waals surface area contributed by atoms with E-state index >= 15 is 0 Å². The van der Waals surface area contributed by atoms with Crippen LogP contribution in [0.25, 0.3) is 61.0 Å². The minimum atomic E-state index is -0.628. The van der Waals surface area contributed by atoms with Gasteiger partial charge in [-0.15, -0.1) is 0 Å². The number of fused-ring (bicyclic) bond motifs is 4. The molecule has 2 aromatic heterocycles. The lowest BCUT2D eigenvalue weighted by molar-refractivity contribution is 0.483. The summed E-state index contributed by atoms with van der Waals surface area (Å²) in [5.41, 5.74) is 14.5. The fraction of sp³-hybridized carbons (Fsp3) is 0.117. The van der Waals surface area contributed by atoms with Gasteiger partial charge in [-0.3, -0.25) is 4.57 Å². The quantitative estimate of drug-likeness (QED) is 0.152. The van der Waals surface area contributed by atoms with Gasteiger partial charge in [0.2, 0.25) is 0 Å². The van der Waals surface area contributed by atoms with Crippen molar-refractivity contribution in [1.82, 2.24) is 9.55 Å². The van der Waals surface area contributed by atoms with Crippen LogP contribution in [0.2, 0.25) is 0 Å². The number of para-hydroxylation sites is 4. The Morgan fingerprint density at radius 2 is 1.16 bits per heavy atom. The van der Waals surface area contributed by atoms with Gasteiger partial charge in [0.25, 0.3) is 0 Å². The van der Waals surface area contributed by atoms with Crippen molar-refractivity contribution in [3.8, 4) is 50.7 Å². The molecule has 11 rings (SSSR count). The molecule has 5 nitrogen and oxygen atoms in total. The highest BCUT2D eigenvalue weighted by molar-refractivity contribution is 6.09. The van der Waals surface area contributed by atoms with Gasteiger partial charge in [0.15, 0.2) is 0 Å². The summed E-state index contributed by atoms with van der Waals surface area (Å²) in [4.78, 5) is 9.45. The maximum atomic E-state index is 15.0. The number of benzene rings is 8. The summed E-state index contributed by atoms with van der Waals surface area (Å²) in [5, 5.41) is 2.25. The summed E-state index contributed by atoms with van der Waals surface area (Å²) in [5.74, 6) is 0.971. The van der Waals surface area contributed by atoms with Gasteiger partial charge in [0.05, 0.1) is 28.1 Å². The predicted octanol–water partition coefficient (Wildman–Crippen LogP) is 16.4. The zero-order valence-electron chi connectivity index (χ0n) is 38.1. The van der Waals surface area contributed by atoms with Crippen molar-refractivity contribution in [3.63, 3.8) is 0 Å². The van der Waals surface area contributed by atoms with Crippen LogP contribution in [0.15, 0.2) is 188 Å². The molecule has 0 bridgehead atoms. The minimum absolute atomic E-state index is 0.0511. The summed E-state index contributed by atoms with van der Waals surface area (Å²) in [6.45, 7) is 11.3. The summed E-state index contributed by atoms with van der Waals surface area (Å²) in [7, 11) is 0. The number of hydrogen-bond donors (Lipinski definition) is 0. The maximum Gasteiger partial charge on any atom is 0.137 e. The highest BCUT2D eigenvalue weighted by atomic mass is 19.1. The third-order valence-electron chi connectivity index (χ3n) is 12.8. The molecular weight excluding hydrogens is 831 g/mol. The maximum absolute atomic E-state index is 15.0. The van der Waals surface area contributed by atoms with Crippen molar-refractivity contribution in [1.29, 1.82) is 0 Å². The molecule has 0 saturated heterocycles. The van der Waals surface area contributed by atoms with Crippen LogP contribution in [-0.4, -0.2) is 16.2 Å². The Hall–Kier alpha value is -8.03. The van der Waals surface area contributed by atoms with E-state index in [2.05, 4.69) is 164 Å². The van der Waals surface area contributed by atoms with Gasteiger partial charge < -0.3 is 14.5 Å². The monoisotopic (exact) mass is 878 g/mol. The molecule has 0 atom stereocenters. The molecule has 0 spiro atoms. The van der Waals surface area contributed by atoms with Crippen LogP contribution in [0.5, 0.6) is 11.5 Å². The first-order chi connectivity index (χ1) is 32.4. The number of anilines is 4. The molecule has 1 aliphatic rings. The summed E-state index contributed by atoms with van der Waals surface area (Å²) in [6.07, 6.45) is 1.90. The highest BCUT2D eigenvalue weighted by Gasteiger charge is 2.32. The zero-order chi connectivity index (χ0) is 46.0. The van der Waals surface area contributed by atoms with Crippen LogP contribution >= 0.6 is 0 Å². The highest BCUT2D eigenvalue weighted by Crippen LogP contribution is 2.51. The molecule has 10 aromatic rings. The molecule has 0 unspecified atom stereocenters. The van der Waals surface area contributed by atoms with Gasteiger partial charge in [-0.2, -0.15) is 0 Å². The first-order valence-electron chi connectivity index (χ1n) is 22.7. The number of aromatic nitrogens is 2. The van der Waals surface area contributed by atoms with Crippen molar-refractivity contribution < 1.29 is 13.5 Å².